The number of hydrogen-bond donors (Lipinski definition) is 1. The first kappa shape index (κ1) is 20.9. The Morgan fingerprint density at radius 2 is 0.929 bits per heavy atom. The Bertz CT molecular complexity index is 918. The molecule has 0 amide bonds. The molecule has 0 radical (unpaired) electrons. The van der Waals surface area contributed by atoms with E-state index in [-0.39, 0.29) is 11.6 Å². The zero-order valence-electron chi connectivity index (χ0n) is 15.8. The highest BCUT2D eigenvalue weighted by Gasteiger charge is 2.15. The van der Waals surface area contributed by atoms with Gasteiger partial charge in [-0.3, -0.25) is 0 Å². The van der Waals surface area contributed by atoms with Crippen molar-refractivity contribution in [3.05, 3.63) is 126 Å². The van der Waals surface area contributed by atoms with E-state index in [0.717, 1.165) is 6.42 Å². The van der Waals surface area contributed by atoms with E-state index < -0.39 is 0 Å². The molecule has 0 heterocycles. The topological polar surface area (TPSA) is 69.7 Å². The largest absolute Gasteiger partial charge is 0.412 e. The molecule has 0 aliphatic rings. The maximum Gasteiger partial charge on any atom is 0.0496 e. The summed E-state index contributed by atoms with van der Waals surface area (Å²) < 4.78 is 0. The molecule has 4 rings (SSSR count). The van der Waals surface area contributed by atoms with Crippen LogP contribution in [0.15, 0.2) is 115 Å². The predicted octanol–water partition coefficient (Wildman–Crippen LogP) is 6.08. The molecular weight excluding hydrogens is 344 g/mol. The fourth-order valence-electron chi connectivity index (χ4n) is 3.28. The van der Waals surface area contributed by atoms with Crippen molar-refractivity contribution in [2.24, 2.45) is 0 Å². The Balaban J connectivity index is 0.00000140. The number of benzene rings is 4. The third-order valence-corrected chi connectivity index (χ3v) is 4.50. The summed E-state index contributed by atoms with van der Waals surface area (Å²) in [7, 11) is 0. The van der Waals surface area contributed by atoms with Crippen LogP contribution in [0.5, 0.6) is 0 Å². The zero-order chi connectivity index (χ0) is 17.6. The number of para-hydroxylation sites is 3. The van der Waals surface area contributed by atoms with Gasteiger partial charge in [0.1, 0.15) is 0 Å². The van der Waals surface area contributed by atoms with Crippen molar-refractivity contribution < 1.29 is 5.48 Å². The van der Waals surface area contributed by atoms with Crippen LogP contribution in [0, 0.1) is 0 Å². The Kier molecular flexibility index (Phi) is 7.52. The van der Waals surface area contributed by atoms with Crippen molar-refractivity contribution in [2.45, 2.75) is 6.42 Å². The van der Waals surface area contributed by atoms with Gasteiger partial charge in [0.25, 0.3) is 0 Å². The van der Waals surface area contributed by atoms with Crippen molar-refractivity contribution in [3.63, 3.8) is 0 Å². The van der Waals surface area contributed by atoms with Crippen LogP contribution in [0.4, 0.5) is 17.1 Å². The molecule has 0 saturated heterocycles. The highest BCUT2D eigenvalue weighted by atomic mass is 16.0. The molecule has 0 aliphatic heterocycles. The summed E-state index contributed by atoms with van der Waals surface area (Å²) in [5.74, 6) is 0. The molecule has 5 N–H and O–H groups in total. The minimum Gasteiger partial charge on any atom is -0.412 e. The average Bonchev–Trinajstić information content (AvgIpc) is 2.72. The van der Waals surface area contributed by atoms with Gasteiger partial charge in [-0.15, -0.1) is 0 Å². The summed E-state index contributed by atoms with van der Waals surface area (Å²) in [5.41, 5.74) is 6.18. The second kappa shape index (κ2) is 10.1. The Morgan fingerprint density at radius 3 is 1.46 bits per heavy atom. The molecule has 0 saturated carbocycles. The molecule has 3 nitrogen and oxygen atoms in total. The van der Waals surface area contributed by atoms with Crippen LogP contribution < -0.4 is 11.1 Å². The van der Waals surface area contributed by atoms with Gasteiger partial charge in [0, 0.05) is 17.1 Å². The first-order chi connectivity index (χ1) is 12.9. The van der Waals surface area contributed by atoms with Gasteiger partial charge in [-0.2, -0.15) is 0 Å². The molecule has 0 bridgehead atoms. The van der Waals surface area contributed by atoms with Gasteiger partial charge in [0.15, 0.2) is 0 Å². The summed E-state index contributed by atoms with van der Waals surface area (Å²) in [6.07, 6.45) is 0.910. The highest BCUT2D eigenvalue weighted by Crippen LogP contribution is 2.36. The second-order valence-electron chi connectivity index (χ2n) is 6.30. The summed E-state index contributed by atoms with van der Waals surface area (Å²) in [6.45, 7) is 0. The third-order valence-electron chi connectivity index (χ3n) is 4.50. The number of anilines is 3. The molecule has 0 fully saturated rings. The lowest BCUT2D eigenvalue weighted by atomic mass is 10.0. The van der Waals surface area contributed by atoms with Gasteiger partial charge >= 0.3 is 0 Å². The van der Waals surface area contributed by atoms with Gasteiger partial charge in [-0.05, 0) is 47.9 Å². The summed E-state index contributed by atoms with van der Waals surface area (Å²) in [4.78, 5) is 2.33. The predicted molar refractivity (Wildman–Crippen MR) is 119 cm³/mol. The van der Waals surface area contributed by atoms with Crippen LogP contribution in [0.3, 0.4) is 0 Å². The zero-order valence-corrected chi connectivity index (χ0v) is 15.8. The minimum atomic E-state index is 0. The maximum absolute atomic E-state index is 2.33. The van der Waals surface area contributed by atoms with Gasteiger partial charge in [0.2, 0.25) is 0 Å². The Hall–Kier alpha value is -3.40. The fraction of sp³-hybridized carbons (Fsp3) is 0.0400. The van der Waals surface area contributed by atoms with Crippen LogP contribution in [0.2, 0.25) is 0 Å². The van der Waals surface area contributed by atoms with Gasteiger partial charge < -0.3 is 16.5 Å². The fourth-order valence-corrected chi connectivity index (χ4v) is 3.28. The standard InChI is InChI=1S/C25H21N.H3N.H2O/c1-4-12-21(13-5-1)20-22-14-10-11-19-25(22)26(23-15-6-2-7-16-23)24-17-8-3-9-18-24;;/h1-19H,20H2;1H3;1H2. The maximum atomic E-state index is 2.33. The van der Waals surface area contributed by atoms with Gasteiger partial charge in [-0.25, -0.2) is 0 Å². The number of rotatable bonds is 5. The minimum absolute atomic E-state index is 0. The van der Waals surface area contributed by atoms with E-state index in [4.69, 9.17) is 0 Å². The van der Waals surface area contributed by atoms with Crippen LogP contribution in [-0.2, 0) is 6.42 Å². The highest BCUT2D eigenvalue weighted by molar-refractivity contribution is 5.78. The van der Waals surface area contributed by atoms with Crippen LogP contribution in [0.1, 0.15) is 11.1 Å². The van der Waals surface area contributed by atoms with Crippen molar-refractivity contribution in [3.8, 4) is 0 Å². The normalized spacial score (nSPS) is 9.71. The number of nitrogens with zero attached hydrogens (tertiary/aromatic N) is 1. The molecule has 142 valence electrons. The molecule has 0 aliphatic carbocycles. The molecular formula is C25H26N2O. The first-order valence-corrected chi connectivity index (χ1v) is 8.94. The lowest BCUT2D eigenvalue weighted by Crippen LogP contribution is -2.12. The summed E-state index contributed by atoms with van der Waals surface area (Å²) in [6, 6.07) is 40.4. The first-order valence-electron chi connectivity index (χ1n) is 8.94. The van der Waals surface area contributed by atoms with Gasteiger partial charge in [0.05, 0.1) is 0 Å². The molecule has 0 atom stereocenters. The molecule has 0 aromatic heterocycles. The van der Waals surface area contributed by atoms with Crippen molar-refractivity contribution in [1.82, 2.24) is 6.15 Å². The smallest absolute Gasteiger partial charge is 0.0496 e. The van der Waals surface area contributed by atoms with E-state index >= 15 is 0 Å². The monoisotopic (exact) mass is 370 g/mol. The molecule has 4 aromatic rings. The third kappa shape index (κ3) is 4.65. The Labute approximate surface area is 166 Å². The van der Waals surface area contributed by atoms with E-state index in [1.54, 1.807) is 0 Å². The van der Waals surface area contributed by atoms with Crippen LogP contribution >= 0.6 is 0 Å². The van der Waals surface area contributed by atoms with Crippen LogP contribution in [0.25, 0.3) is 0 Å². The molecule has 28 heavy (non-hydrogen) atoms. The van der Waals surface area contributed by atoms with Gasteiger partial charge in [-0.1, -0.05) is 84.9 Å². The molecule has 4 aromatic carbocycles. The quantitative estimate of drug-likeness (QED) is 0.462. The van der Waals surface area contributed by atoms with Crippen molar-refractivity contribution in [2.75, 3.05) is 4.90 Å². The lowest BCUT2D eigenvalue weighted by Gasteiger charge is -2.27. The molecule has 3 heteroatoms. The SMILES string of the molecule is N.O.c1ccc(Cc2ccccc2N(c2ccccc2)c2ccccc2)cc1. The lowest BCUT2D eigenvalue weighted by molar-refractivity contribution is 0.824. The summed E-state index contributed by atoms with van der Waals surface area (Å²) >= 11 is 0. The van der Waals surface area contributed by atoms with Crippen LogP contribution in [-0.4, -0.2) is 5.48 Å². The van der Waals surface area contributed by atoms with Crippen molar-refractivity contribution >= 4 is 17.1 Å². The van der Waals surface area contributed by atoms with E-state index in [1.807, 2.05) is 0 Å². The average molecular weight is 370 g/mol. The number of hydrogen-bond acceptors (Lipinski definition) is 2. The van der Waals surface area contributed by atoms with E-state index in [0.29, 0.717) is 0 Å². The molecule has 0 unspecified atom stereocenters. The second-order valence-corrected chi connectivity index (χ2v) is 6.30. The summed E-state index contributed by atoms with van der Waals surface area (Å²) in [5, 5.41) is 0. The molecule has 0 spiro atoms. The Morgan fingerprint density at radius 1 is 0.500 bits per heavy atom. The van der Waals surface area contributed by atoms with E-state index in [2.05, 4.69) is 120 Å². The van der Waals surface area contributed by atoms with Crippen molar-refractivity contribution in [1.29, 1.82) is 0 Å². The van der Waals surface area contributed by atoms with E-state index in [1.165, 1.54) is 28.2 Å². The van der Waals surface area contributed by atoms with E-state index in [9.17, 15) is 0 Å².